The number of esters is 1. The van der Waals surface area contributed by atoms with E-state index in [1.807, 2.05) is 6.92 Å². The molecular weight excluding hydrogens is 428 g/mol. The Hall–Kier alpha value is -3.25. The maximum absolute atomic E-state index is 13.3. The normalized spacial score (nSPS) is 21.8. The summed E-state index contributed by atoms with van der Waals surface area (Å²) >= 11 is 0. The first-order valence-corrected chi connectivity index (χ1v) is 11.0. The van der Waals surface area contributed by atoms with Gasteiger partial charge in [0.25, 0.3) is 0 Å². The Labute approximate surface area is 190 Å². The molecule has 2 saturated heterocycles. The second kappa shape index (κ2) is 8.27. The van der Waals surface area contributed by atoms with E-state index in [-0.39, 0.29) is 18.5 Å². The summed E-state index contributed by atoms with van der Waals surface area (Å²) in [6.45, 7) is 6.21. The molecule has 3 aliphatic rings. The van der Waals surface area contributed by atoms with E-state index in [4.69, 9.17) is 4.74 Å². The Morgan fingerprint density at radius 2 is 1.91 bits per heavy atom. The molecule has 5 heterocycles. The molecule has 3 aliphatic heterocycles. The van der Waals surface area contributed by atoms with E-state index < -0.39 is 11.5 Å². The molecule has 33 heavy (non-hydrogen) atoms. The van der Waals surface area contributed by atoms with Gasteiger partial charge < -0.3 is 19.6 Å². The number of aryl methyl sites for hydroxylation is 1. The Kier molecular flexibility index (Phi) is 5.41. The predicted molar refractivity (Wildman–Crippen MR) is 113 cm³/mol. The van der Waals surface area contributed by atoms with E-state index >= 15 is 0 Å². The fraction of sp³-hybridized carbons (Fsp3) is 0.571. The van der Waals surface area contributed by atoms with E-state index in [0.29, 0.717) is 49.0 Å². The number of amides is 1. The first kappa shape index (κ1) is 21.6. The minimum Gasteiger partial charge on any atom is -0.456 e. The molecule has 12 heteroatoms. The van der Waals surface area contributed by atoms with Crippen LogP contribution in [-0.2, 0) is 14.3 Å². The Morgan fingerprint density at radius 3 is 2.55 bits per heavy atom. The number of ether oxygens (including phenoxy) is 1. The number of likely N-dealkylation sites (tertiary alicyclic amines) is 2. The molecule has 2 fully saturated rings. The largest absolute Gasteiger partial charge is 0.456 e. The zero-order chi connectivity index (χ0) is 23.2. The van der Waals surface area contributed by atoms with Crippen LogP contribution in [0.25, 0.3) is 5.82 Å². The molecule has 2 aromatic rings. The van der Waals surface area contributed by atoms with Crippen molar-refractivity contribution in [3.63, 3.8) is 0 Å². The summed E-state index contributed by atoms with van der Waals surface area (Å²) in [6, 6.07) is 1.78. The highest BCUT2D eigenvalue weighted by molar-refractivity contribution is 5.94. The second-order valence-electron chi connectivity index (χ2n) is 8.98. The molecule has 0 aliphatic carbocycles. The van der Waals surface area contributed by atoms with Gasteiger partial charge in [0.1, 0.15) is 19.0 Å². The number of carbonyl (C=O) groups is 2. The van der Waals surface area contributed by atoms with E-state index in [9.17, 15) is 14.7 Å². The summed E-state index contributed by atoms with van der Waals surface area (Å²) in [4.78, 5) is 28.9. The minimum absolute atomic E-state index is 0.0928. The second-order valence-corrected chi connectivity index (χ2v) is 8.98. The van der Waals surface area contributed by atoms with Crippen LogP contribution in [0.1, 0.15) is 43.5 Å². The number of aliphatic hydroxyl groups excluding tert-OH is 1. The fourth-order valence-electron chi connectivity index (χ4n) is 4.97. The van der Waals surface area contributed by atoms with Crippen LogP contribution in [0, 0.1) is 12.3 Å². The Morgan fingerprint density at radius 1 is 1.15 bits per heavy atom. The molecule has 12 nitrogen and oxygen atoms in total. The number of hydrogen-bond acceptors (Lipinski definition) is 10. The molecular formula is C21H26N8O4. The van der Waals surface area contributed by atoms with Crippen LogP contribution in [-0.4, -0.2) is 90.0 Å². The summed E-state index contributed by atoms with van der Waals surface area (Å²) in [5.74, 6) is 0.236. The minimum atomic E-state index is -0.792. The topological polar surface area (TPSA) is 139 Å². The van der Waals surface area contributed by atoms with Gasteiger partial charge in [-0.3, -0.25) is 4.79 Å². The number of aliphatic hydroxyl groups is 1. The average Bonchev–Trinajstić information content (AvgIpc) is 3.53. The molecule has 0 radical (unpaired) electrons. The number of carbonyl (C=O) groups excluding carboxylic acids is 2. The van der Waals surface area contributed by atoms with Crippen molar-refractivity contribution >= 4 is 11.9 Å². The Bertz CT molecular complexity index is 1110. The predicted octanol–water partition coefficient (Wildman–Crippen LogP) is -0.0606. The van der Waals surface area contributed by atoms with Crippen LogP contribution in [0.5, 0.6) is 0 Å². The van der Waals surface area contributed by atoms with E-state index in [1.54, 1.807) is 17.9 Å². The van der Waals surface area contributed by atoms with Gasteiger partial charge in [-0.05, 0) is 68.3 Å². The van der Waals surface area contributed by atoms with E-state index in [1.165, 1.54) is 11.0 Å². The molecule has 0 bridgehead atoms. The number of rotatable bonds is 5. The maximum atomic E-state index is 13.3. The van der Waals surface area contributed by atoms with Crippen LogP contribution in [0.4, 0.5) is 0 Å². The number of β-amino-alcohol motifs (C(OH)–C–C–N with tert-alkyl or cyclic N) is 1. The molecule has 5 rings (SSSR count). The lowest BCUT2D eigenvalue weighted by molar-refractivity contribution is -0.138. The van der Waals surface area contributed by atoms with Crippen LogP contribution >= 0.6 is 0 Å². The van der Waals surface area contributed by atoms with Gasteiger partial charge in [-0.1, -0.05) is 0 Å². The molecule has 1 N–H and O–H groups in total. The van der Waals surface area contributed by atoms with Gasteiger partial charge >= 0.3 is 5.97 Å². The quantitative estimate of drug-likeness (QED) is 0.611. The molecule has 0 aromatic carbocycles. The summed E-state index contributed by atoms with van der Waals surface area (Å²) in [7, 11) is 0. The Balaban J connectivity index is 1.21. The van der Waals surface area contributed by atoms with Gasteiger partial charge in [-0.2, -0.15) is 9.78 Å². The van der Waals surface area contributed by atoms with Gasteiger partial charge in [0.15, 0.2) is 5.82 Å². The van der Waals surface area contributed by atoms with Gasteiger partial charge in [0, 0.05) is 13.1 Å². The summed E-state index contributed by atoms with van der Waals surface area (Å²) in [5.41, 5.74) is 2.16. The lowest BCUT2D eigenvalue weighted by atomic mass is 9.77. The van der Waals surface area contributed by atoms with Crippen LogP contribution in [0.3, 0.4) is 0 Å². The molecule has 2 aromatic heterocycles. The van der Waals surface area contributed by atoms with Gasteiger partial charge in [-0.15, -0.1) is 10.2 Å². The van der Waals surface area contributed by atoms with E-state index in [2.05, 4.69) is 30.6 Å². The number of cyclic esters (lactones) is 1. The SMILES string of the molecule is CC1=C(N2CCC3(CCN(CC(O)c4nnc(-n5cnnn5)cc4C)CC3)C2=O)COC1=O. The molecule has 174 valence electrons. The van der Waals surface area contributed by atoms with Crippen molar-refractivity contribution in [1.29, 1.82) is 0 Å². The number of piperidine rings is 1. The standard InChI is InChI=1S/C21H26N8O4/c1-13-9-17(29-12-22-25-26-29)23-24-18(13)16(30)10-27-6-3-21(4-7-27)5-8-28(20(21)32)15-11-33-19(31)14(15)2/h9,12,16,30H,3-8,10-11H2,1-2H3. The third-order valence-electron chi connectivity index (χ3n) is 7.07. The lowest BCUT2D eigenvalue weighted by Crippen LogP contribution is -2.45. The first-order valence-electron chi connectivity index (χ1n) is 11.0. The van der Waals surface area contributed by atoms with Crippen molar-refractivity contribution in [2.45, 2.75) is 39.2 Å². The number of nitrogens with zero attached hydrogens (tertiary/aromatic N) is 8. The highest BCUT2D eigenvalue weighted by atomic mass is 16.5. The van der Waals surface area contributed by atoms with E-state index in [0.717, 1.165) is 24.8 Å². The van der Waals surface area contributed by atoms with Crippen molar-refractivity contribution in [2.24, 2.45) is 5.41 Å². The summed E-state index contributed by atoms with van der Waals surface area (Å²) in [5, 5.41) is 30.1. The van der Waals surface area contributed by atoms with Crippen LogP contribution in [0.15, 0.2) is 23.7 Å². The van der Waals surface area contributed by atoms with Gasteiger partial charge in [0.2, 0.25) is 5.91 Å². The molecule has 1 atom stereocenters. The van der Waals surface area contributed by atoms with Crippen molar-refractivity contribution in [1.82, 2.24) is 40.2 Å². The van der Waals surface area contributed by atoms with Crippen molar-refractivity contribution in [3.8, 4) is 5.82 Å². The van der Waals surface area contributed by atoms with Crippen LogP contribution < -0.4 is 0 Å². The number of hydrogen-bond donors (Lipinski definition) is 1. The third-order valence-corrected chi connectivity index (χ3v) is 7.07. The fourth-order valence-corrected chi connectivity index (χ4v) is 4.97. The summed E-state index contributed by atoms with van der Waals surface area (Å²) < 4.78 is 6.50. The zero-order valence-corrected chi connectivity index (χ0v) is 18.6. The summed E-state index contributed by atoms with van der Waals surface area (Å²) in [6.07, 6.45) is 2.86. The first-order chi connectivity index (χ1) is 15.9. The molecule has 0 saturated carbocycles. The third kappa shape index (κ3) is 3.78. The highest BCUT2D eigenvalue weighted by Gasteiger charge is 2.50. The number of tetrazole rings is 1. The van der Waals surface area contributed by atoms with Crippen molar-refractivity contribution in [2.75, 3.05) is 32.8 Å². The smallest absolute Gasteiger partial charge is 0.336 e. The molecule has 1 unspecified atom stereocenters. The van der Waals surface area contributed by atoms with Crippen molar-refractivity contribution < 1.29 is 19.4 Å². The van der Waals surface area contributed by atoms with Gasteiger partial charge in [0.05, 0.1) is 22.4 Å². The average molecular weight is 454 g/mol. The molecule has 1 spiro atoms. The number of aromatic nitrogens is 6. The zero-order valence-electron chi connectivity index (χ0n) is 18.6. The maximum Gasteiger partial charge on any atom is 0.336 e. The molecule has 1 amide bonds. The highest BCUT2D eigenvalue weighted by Crippen LogP contribution is 2.43. The van der Waals surface area contributed by atoms with Gasteiger partial charge in [-0.25, -0.2) is 4.79 Å². The lowest BCUT2D eigenvalue weighted by Gasteiger charge is -2.38. The van der Waals surface area contributed by atoms with Crippen LogP contribution in [0.2, 0.25) is 0 Å². The monoisotopic (exact) mass is 454 g/mol. The van der Waals surface area contributed by atoms with Crippen molar-refractivity contribution in [3.05, 3.63) is 34.9 Å².